The highest BCUT2D eigenvalue weighted by Gasteiger charge is 2.46. The molecule has 0 amide bonds. The predicted molar refractivity (Wildman–Crippen MR) is 103 cm³/mol. The first-order valence-corrected chi connectivity index (χ1v) is 11.6. The van der Waals surface area contributed by atoms with Crippen molar-refractivity contribution in [1.82, 2.24) is 9.62 Å². The van der Waals surface area contributed by atoms with E-state index >= 15 is 0 Å². The summed E-state index contributed by atoms with van der Waals surface area (Å²) in [6, 6.07) is 8.37. The first-order valence-electron chi connectivity index (χ1n) is 9.91. The van der Waals surface area contributed by atoms with Crippen molar-refractivity contribution in [2.45, 2.75) is 44.1 Å². The van der Waals surface area contributed by atoms with Crippen LogP contribution in [0.15, 0.2) is 24.3 Å². The van der Waals surface area contributed by atoms with Crippen LogP contribution in [0.25, 0.3) is 0 Å². The highest BCUT2D eigenvalue weighted by Crippen LogP contribution is 2.51. The van der Waals surface area contributed by atoms with Crippen LogP contribution in [0.2, 0.25) is 0 Å². The third kappa shape index (κ3) is 3.57. The van der Waals surface area contributed by atoms with Crippen LogP contribution in [0.3, 0.4) is 0 Å². The second kappa shape index (κ2) is 7.23. The molecule has 2 fully saturated rings. The van der Waals surface area contributed by atoms with Crippen molar-refractivity contribution < 1.29 is 13.2 Å². The van der Waals surface area contributed by atoms with E-state index in [0.29, 0.717) is 5.92 Å². The van der Waals surface area contributed by atoms with Gasteiger partial charge in [-0.25, -0.2) is 13.1 Å². The largest absolute Gasteiger partial charge is 0.381 e. The summed E-state index contributed by atoms with van der Waals surface area (Å²) in [5.74, 6) is 0.819. The minimum atomic E-state index is -3.20. The van der Waals surface area contributed by atoms with Gasteiger partial charge in [0.1, 0.15) is 0 Å². The first-order chi connectivity index (χ1) is 12.5. The lowest BCUT2D eigenvalue weighted by Crippen LogP contribution is -2.44. The van der Waals surface area contributed by atoms with Crippen LogP contribution in [0.5, 0.6) is 0 Å². The average molecular weight is 379 g/mol. The molecule has 0 saturated carbocycles. The van der Waals surface area contributed by atoms with Gasteiger partial charge in [-0.1, -0.05) is 24.3 Å². The summed E-state index contributed by atoms with van der Waals surface area (Å²) in [5.41, 5.74) is 2.68. The molecular weight excluding hydrogens is 348 g/mol. The van der Waals surface area contributed by atoms with Gasteiger partial charge in [0.15, 0.2) is 0 Å². The van der Waals surface area contributed by atoms with Crippen LogP contribution in [0, 0.1) is 5.92 Å². The van der Waals surface area contributed by atoms with Gasteiger partial charge in [0.25, 0.3) is 0 Å². The summed E-state index contributed by atoms with van der Waals surface area (Å²) in [6.07, 6.45) is 4.31. The van der Waals surface area contributed by atoms with Gasteiger partial charge >= 0.3 is 0 Å². The molecule has 1 aliphatic carbocycles. The molecule has 0 radical (unpaired) electrons. The van der Waals surface area contributed by atoms with Crippen molar-refractivity contribution in [1.29, 1.82) is 0 Å². The van der Waals surface area contributed by atoms with Gasteiger partial charge < -0.3 is 9.64 Å². The number of nitrogens with one attached hydrogen (secondary N) is 1. The van der Waals surface area contributed by atoms with Crippen LogP contribution in [-0.4, -0.2) is 51.9 Å². The van der Waals surface area contributed by atoms with Crippen LogP contribution in [-0.2, 0) is 20.2 Å². The molecule has 0 aromatic heterocycles. The lowest BCUT2D eigenvalue weighted by Gasteiger charge is -2.41. The maximum Gasteiger partial charge on any atom is 0.211 e. The Balaban J connectivity index is 1.48. The Labute approximate surface area is 157 Å². The summed E-state index contributed by atoms with van der Waals surface area (Å²) in [4.78, 5) is 2.58. The molecule has 2 atom stereocenters. The summed E-state index contributed by atoms with van der Waals surface area (Å²) < 4.78 is 32.8. The molecule has 1 aromatic carbocycles. The molecule has 144 valence electrons. The summed E-state index contributed by atoms with van der Waals surface area (Å²) in [6.45, 7) is 6.85. The van der Waals surface area contributed by atoms with E-state index in [1.54, 1.807) is 6.92 Å². The number of fused-ring (bicyclic) bond motifs is 2. The third-order valence-corrected chi connectivity index (χ3v) is 7.96. The predicted octanol–water partition coefficient (Wildman–Crippen LogP) is 2.44. The Hall–Kier alpha value is -0.950. The lowest BCUT2D eigenvalue weighted by atomic mass is 9.73. The number of rotatable bonds is 5. The average Bonchev–Trinajstić information content (AvgIpc) is 3.25. The molecular formula is C20H30N2O3S. The van der Waals surface area contributed by atoms with Gasteiger partial charge in [0, 0.05) is 19.2 Å². The Bertz CT molecular complexity index is 735. The molecule has 2 aliphatic heterocycles. The van der Waals surface area contributed by atoms with E-state index in [0.717, 1.165) is 52.1 Å². The van der Waals surface area contributed by atoms with E-state index in [9.17, 15) is 8.42 Å². The minimum absolute atomic E-state index is 0.0778. The van der Waals surface area contributed by atoms with Crippen molar-refractivity contribution in [3.05, 3.63) is 35.4 Å². The Kier molecular flexibility index (Phi) is 5.12. The van der Waals surface area contributed by atoms with Crippen LogP contribution in [0.4, 0.5) is 0 Å². The summed E-state index contributed by atoms with van der Waals surface area (Å²) in [7, 11) is -3.20. The number of likely N-dealkylation sites (tertiary alicyclic amines) is 1. The minimum Gasteiger partial charge on any atom is -0.381 e. The quantitative estimate of drug-likeness (QED) is 0.855. The topological polar surface area (TPSA) is 58.6 Å². The zero-order chi connectivity index (χ0) is 18.2. The van der Waals surface area contributed by atoms with Gasteiger partial charge in [-0.15, -0.1) is 0 Å². The standard InChI is InChI=1S/C20H30N2O3S/c1-2-26(23,24)21-19-13-20(18-6-4-3-5-17(18)19)8-10-22(11-9-20)14-16-7-12-25-15-16/h3-6,16,19,21H,2,7-15H2,1H3/t16-,19-/m0/s1. The molecule has 2 heterocycles. The lowest BCUT2D eigenvalue weighted by molar-refractivity contribution is 0.125. The maximum absolute atomic E-state index is 12.2. The van der Waals surface area contributed by atoms with Crippen LogP contribution < -0.4 is 4.72 Å². The van der Waals surface area contributed by atoms with Crippen molar-refractivity contribution in [2.75, 3.05) is 38.6 Å². The van der Waals surface area contributed by atoms with E-state index in [-0.39, 0.29) is 17.2 Å². The molecule has 4 rings (SSSR count). The smallest absolute Gasteiger partial charge is 0.211 e. The van der Waals surface area contributed by atoms with Crippen molar-refractivity contribution in [3.63, 3.8) is 0 Å². The van der Waals surface area contributed by atoms with Gasteiger partial charge in [-0.05, 0) is 68.2 Å². The highest BCUT2D eigenvalue weighted by atomic mass is 32.2. The molecule has 2 saturated heterocycles. The normalized spacial score (nSPS) is 28.5. The first kappa shape index (κ1) is 18.4. The zero-order valence-electron chi connectivity index (χ0n) is 15.6. The summed E-state index contributed by atoms with van der Waals surface area (Å²) >= 11 is 0. The van der Waals surface area contributed by atoms with Crippen molar-refractivity contribution >= 4 is 10.0 Å². The zero-order valence-corrected chi connectivity index (χ0v) is 16.4. The number of nitrogens with zero attached hydrogens (tertiary/aromatic N) is 1. The number of ether oxygens (including phenoxy) is 1. The number of sulfonamides is 1. The van der Waals surface area contributed by atoms with E-state index in [2.05, 4.69) is 27.8 Å². The van der Waals surface area contributed by atoms with E-state index in [1.165, 1.54) is 17.5 Å². The fourth-order valence-electron chi connectivity index (χ4n) is 5.03. The third-order valence-electron chi connectivity index (χ3n) is 6.56. The van der Waals surface area contributed by atoms with Gasteiger partial charge in [0.2, 0.25) is 10.0 Å². The molecule has 0 bridgehead atoms. The van der Waals surface area contributed by atoms with E-state index < -0.39 is 10.0 Å². The van der Waals surface area contributed by atoms with Crippen LogP contribution in [0.1, 0.15) is 49.8 Å². The highest BCUT2D eigenvalue weighted by molar-refractivity contribution is 7.89. The monoisotopic (exact) mass is 378 g/mol. The van der Waals surface area contributed by atoms with Crippen molar-refractivity contribution in [3.8, 4) is 0 Å². The number of piperidine rings is 1. The maximum atomic E-state index is 12.2. The fourth-order valence-corrected chi connectivity index (χ4v) is 5.84. The van der Waals surface area contributed by atoms with Crippen molar-refractivity contribution in [2.24, 2.45) is 5.92 Å². The Morgan fingerprint density at radius 3 is 2.73 bits per heavy atom. The molecule has 1 aromatic rings. The Morgan fingerprint density at radius 2 is 2.04 bits per heavy atom. The molecule has 0 unspecified atom stereocenters. The molecule has 1 N–H and O–H groups in total. The van der Waals surface area contributed by atoms with E-state index in [4.69, 9.17) is 4.74 Å². The molecule has 1 spiro atoms. The van der Waals surface area contributed by atoms with Gasteiger partial charge in [-0.2, -0.15) is 0 Å². The molecule has 3 aliphatic rings. The van der Waals surface area contributed by atoms with Gasteiger partial charge in [0.05, 0.1) is 12.4 Å². The Morgan fingerprint density at radius 1 is 1.27 bits per heavy atom. The van der Waals surface area contributed by atoms with Gasteiger partial charge in [-0.3, -0.25) is 0 Å². The van der Waals surface area contributed by atoms with E-state index in [1.807, 2.05) is 6.07 Å². The number of hydrogen-bond donors (Lipinski definition) is 1. The molecule has 5 nitrogen and oxygen atoms in total. The summed E-state index contributed by atoms with van der Waals surface area (Å²) in [5, 5.41) is 0. The number of benzene rings is 1. The second-order valence-corrected chi connectivity index (χ2v) is 10.2. The fraction of sp³-hybridized carbons (Fsp3) is 0.700. The second-order valence-electron chi connectivity index (χ2n) is 8.18. The SMILES string of the molecule is CCS(=O)(=O)N[C@H]1CC2(CCN(C[C@@H]3CCOC3)CC2)c2ccccc21. The van der Waals surface area contributed by atoms with Crippen LogP contribution >= 0.6 is 0 Å². The number of hydrogen-bond acceptors (Lipinski definition) is 4. The molecule has 6 heteroatoms. The molecule has 26 heavy (non-hydrogen) atoms.